The molecule has 2 aromatic carbocycles. The number of rotatable bonds is 4. The van der Waals surface area contributed by atoms with Crippen LogP contribution in [0.1, 0.15) is 58.6 Å². The number of nitrogens with one attached hydrogen (secondary N) is 1. The van der Waals surface area contributed by atoms with Crippen molar-refractivity contribution in [3.05, 3.63) is 99.7 Å². The maximum absolute atomic E-state index is 14.0. The third kappa shape index (κ3) is 3.99. The normalized spacial score (nSPS) is 16.5. The van der Waals surface area contributed by atoms with Gasteiger partial charge in [0, 0.05) is 22.3 Å². The number of urea groups is 1. The molecule has 0 radical (unpaired) electrons. The van der Waals surface area contributed by atoms with Gasteiger partial charge in [0.15, 0.2) is 0 Å². The summed E-state index contributed by atoms with van der Waals surface area (Å²) < 4.78 is 7.73. The van der Waals surface area contributed by atoms with Crippen LogP contribution in [0, 0.1) is 0 Å². The highest BCUT2D eigenvalue weighted by atomic mass is 32.1. The molecule has 1 N–H and O–H groups in total. The zero-order valence-corrected chi connectivity index (χ0v) is 21.6. The molecule has 0 spiro atoms. The average molecular weight is 498 g/mol. The lowest BCUT2D eigenvalue weighted by Gasteiger charge is -2.31. The van der Waals surface area contributed by atoms with Gasteiger partial charge >= 0.3 is 6.03 Å². The first-order valence-corrected chi connectivity index (χ1v) is 13.6. The van der Waals surface area contributed by atoms with Crippen molar-refractivity contribution in [3.8, 4) is 10.8 Å². The minimum Gasteiger partial charge on any atom is -0.497 e. The molecule has 4 aromatic rings. The highest BCUT2D eigenvalue weighted by molar-refractivity contribution is 7.15. The van der Waals surface area contributed by atoms with E-state index in [4.69, 9.17) is 4.74 Å². The lowest BCUT2D eigenvalue weighted by atomic mass is 9.95. The molecule has 0 bridgehead atoms. The molecular formula is C30H31N3O2S. The van der Waals surface area contributed by atoms with Crippen molar-refractivity contribution in [3.63, 3.8) is 0 Å². The van der Waals surface area contributed by atoms with Crippen molar-refractivity contribution in [2.75, 3.05) is 12.4 Å². The van der Waals surface area contributed by atoms with Crippen LogP contribution < -0.4 is 10.1 Å². The molecular weight excluding hydrogens is 466 g/mol. The maximum atomic E-state index is 14.0. The molecule has 0 saturated heterocycles. The number of carbonyl (C=O) groups is 1. The molecule has 2 aromatic heterocycles. The second kappa shape index (κ2) is 9.51. The average Bonchev–Trinajstić information content (AvgIpc) is 3.51. The molecule has 184 valence electrons. The van der Waals surface area contributed by atoms with E-state index in [2.05, 4.69) is 59.4 Å². The largest absolute Gasteiger partial charge is 0.497 e. The van der Waals surface area contributed by atoms with Crippen molar-refractivity contribution in [1.29, 1.82) is 0 Å². The Labute approximate surface area is 216 Å². The van der Waals surface area contributed by atoms with E-state index in [0.717, 1.165) is 42.0 Å². The van der Waals surface area contributed by atoms with Crippen LogP contribution in [0.5, 0.6) is 5.75 Å². The highest BCUT2D eigenvalue weighted by Gasteiger charge is 2.36. The maximum Gasteiger partial charge on any atom is 0.322 e. The van der Waals surface area contributed by atoms with Gasteiger partial charge in [-0.2, -0.15) is 0 Å². The van der Waals surface area contributed by atoms with Crippen LogP contribution in [0.4, 0.5) is 10.5 Å². The van der Waals surface area contributed by atoms with Gasteiger partial charge in [-0.05, 0) is 85.2 Å². The fourth-order valence-corrected chi connectivity index (χ4v) is 6.95. The minimum atomic E-state index is -0.223. The third-order valence-electron chi connectivity index (χ3n) is 7.48. The number of hydrogen-bond acceptors (Lipinski definition) is 3. The zero-order valence-electron chi connectivity index (χ0n) is 20.8. The molecule has 1 aliphatic carbocycles. The van der Waals surface area contributed by atoms with E-state index >= 15 is 0 Å². The molecule has 5 nitrogen and oxygen atoms in total. The van der Waals surface area contributed by atoms with E-state index < -0.39 is 0 Å². The first kappa shape index (κ1) is 22.9. The zero-order chi connectivity index (χ0) is 24.6. The van der Waals surface area contributed by atoms with Gasteiger partial charge in [0.1, 0.15) is 10.8 Å². The monoisotopic (exact) mass is 497 g/mol. The molecule has 1 aliphatic heterocycles. The summed E-state index contributed by atoms with van der Waals surface area (Å²) in [5.41, 5.74) is 7.01. The van der Waals surface area contributed by atoms with Gasteiger partial charge in [0.05, 0.1) is 25.4 Å². The molecule has 0 fully saturated rings. The van der Waals surface area contributed by atoms with Crippen LogP contribution in [0.15, 0.2) is 66.9 Å². The number of hydrogen-bond donors (Lipinski definition) is 1. The molecule has 36 heavy (non-hydrogen) atoms. The number of methoxy groups -OCH3 is 1. The molecule has 6 heteroatoms. The summed E-state index contributed by atoms with van der Waals surface area (Å²) in [6.07, 6.45) is 7.82. The first-order chi connectivity index (χ1) is 17.7. The van der Waals surface area contributed by atoms with Gasteiger partial charge in [-0.25, -0.2) is 4.79 Å². The summed E-state index contributed by atoms with van der Waals surface area (Å²) in [4.78, 5) is 17.5. The molecule has 0 saturated carbocycles. The SMILES string of the molecule is CCc1ccc(NC(=O)N2Cc3c(sc4c3CCCC4)-n3cccc3[C@H]2c2ccc(OC)cc2)cc1. The number of benzene rings is 2. The number of amides is 2. The van der Waals surface area contributed by atoms with Crippen molar-refractivity contribution in [1.82, 2.24) is 9.47 Å². The molecule has 1 atom stereocenters. The Kier molecular flexibility index (Phi) is 6.05. The number of fused-ring (bicyclic) bond motifs is 5. The van der Waals surface area contributed by atoms with E-state index in [-0.39, 0.29) is 12.1 Å². The smallest absolute Gasteiger partial charge is 0.322 e. The van der Waals surface area contributed by atoms with E-state index in [1.807, 2.05) is 40.5 Å². The predicted octanol–water partition coefficient (Wildman–Crippen LogP) is 7.13. The number of nitrogens with zero attached hydrogens (tertiary/aromatic N) is 2. The van der Waals surface area contributed by atoms with E-state index in [9.17, 15) is 4.79 Å². The Balaban J connectivity index is 1.46. The number of carbonyl (C=O) groups excluding carboxylic acids is 1. The highest BCUT2D eigenvalue weighted by Crippen LogP contribution is 2.44. The summed E-state index contributed by atoms with van der Waals surface area (Å²) in [7, 11) is 1.68. The van der Waals surface area contributed by atoms with Crippen molar-refractivity contribution >= 4 is 23.1 Å². The minimum absolute atomic E-state index is 0.0866. The first-order valence-electron chi connectivity index (χ1n) is 12.8. The Morgan fingerprint density at radius 1 is 1.03 bits per heavy atom. The van der Waals surface area contributed by atoms with Crippen molar-refractivity contribution < 1.29 is 9.53 Å². The lowest BCUT2D eigenvalue weighted by molar-refractivity contribution is 0.194. The van der Waals surface area contributed by atoms with Gasteiger partial charge in [0.2, 0.25) is 0 Å². The standard InChI is InChI=1S/C30H31N3O2S/c1-3-20-10-14-22(15-11-20)31-30(34)33-19-25-24-7-4-5-9-27(24)36-29(25)32-18-6-8-26(32)28(33)21-12-16-23(35-2)17-13-21/h6,8,10-18,28H,3-5,7,9,19H2,1-2H3,(H,31,34)/t28-/m1/s1. The number of aromatic nitrogens is 1. The van der Waals surface area contributed by atoms with Crippen LogP contribution in [0.3, 0.4) is 0 Å². The Hall–Kier alpha value is -3.51. The van der Waals surface area contributed by atoms with Gasteiger partial charge in [-0.15, -0.1) is 11.3 Å². The summed E-state index contributed by atoms with van der Waals surface area (Å²) in [5, 5.41) is 4.46. The molecule has 2 aliphatic rings. The van der Waals surface area contributed by atoms with Crippen molar-refractivity contribution in [2.45, 2.75) is 51.6 Å². The van der Waals surface area contributed by atoms with Crippen LogP contribution in [-0.2, 0) is 25.8 Å². The second-order valence-electron chi connectivity index (χ2n) is 9.58. The number of anilines is 1. The third-order valence-corrected chi connectivity index (χ3v) is 8.82. The lowest BCUT2D eigenvalue weighted by Crippen LogP contribution is -2.38. The van der Waals surface area contributed by atoms with Crippen LogP contribution >= 0.6 is 11.3 Å². The number of aryl methyl sites for hydroxylation is 2. The number of ether oxygens (including phenoxy) is 1. The molecule has 2 amide bonds. The fourth-order valence-electron chi connectivity index (χ4n) is 5.54. The summed E-state index contributed by atoms with van der Waals surface area (Å²) in [6, 6.07) is 20.2. The molecule has 3 heterocycles. The van der Waals surface area contributed by atoms with Gasteiger partial charge < -0.3 is 19.5 Å². The van der Waals surface area contributed by atoms with Gasteiger partial charge in [0.25, 0.3) is 0 Å². The summed E-state index contributed by atoms with van der Waals surface area (Å²) in [6.45, 7) is 2.72. The van der Waals surface area contributed by atoms with Crippen LogP contribution in [0.25, 0.3) is 5.00 Å². The van der Waals surface area contributed by atoms with Crippen LogP contribution in [0.2, 0.25) is 0 Å². The fraction of sp³-hybridized carbons (Fsp3) is 0.300. The van der Waals surface area contributed by atoms with Crippen LogP contribution in [-0.4, -0.2) is 22.6 Å². The van der Waals surface area contributed by atoms with Gasteiger partial charge in [-0.3, -0.25) is 0 Å². The molecule has 0 unspecified atom stereocenters. The quantitative estimate of drug-likeness (QED) is 0.326. The molecule has 6 rings (SSSR count). The topological polar surface area (TPSA) is 46.5 Å². The predicted molar refractivity (Wildman–Crippen MR) is 146 cm³/mol. The van der Waals surface area contributed by atoms with E-state index in [1.165, 1.54) is 39.4 Å². The van der Waals surface area contributed by atoms with Gasteiger partial charge in [-0.1, -0.05) is 31.2 Å². The van der Waals surface area contributed by atoms with Crippen molar-refractivity contribution in [2.24, 2.45) is 0 Å². The Morgan fingerprint density at radius 3 is 2.56 bits per heavy atom. The Bertz CT molecular complexity index is 1380. The van der Waals surface area contributed by atoms with E-state index in [0.29, 0.717) is 6.54 Å². The van der Waals surface area contributed by atoms with E-state index in [1.54, 1.807) is 7.11 Å². The second-order valence-corrected chi connectivity index (χ2v) is 10.7. The Morgan fingerprint density at radius 2 is 1.81 bits per heavy atom. The summed E-state index contributed by atoms with van der Waals surface area (Å²) >= 11 is 1.91. The summed E-state index contributed by atoms with van der Waals surface area (Å²) in [5.74, 6) is 0.808. The number of thiophene rings is 1.